The van der Waals surface area contributed by atoms with Crippen molar-refractivity contribution in [3.05, 3.63) is 46.7 Å². The Balaban J connectivity index is 2.63. The fraction of sp³-hybridized carbons (Fsp3) is 0.143. The third kappa shape index (κ3) is 2.34. The third-order valence-corrected chi connectivity index (χ3v) is 3.30. The van der Waals surface area contributed by atoms with Crippen molar-refractivity contribution in [3.63, 3.8) is 0 Å². The van der Waals surface area contributed by atoms with E-state index in [0.717, 1.165) is 0 Å². The van der Waals surface area contributed by atoms with Gasteiger partial charge in [0.25, 0.3) is 0 Å². The van der Waals surface area contributed by atoms with Gasteiger partial charge in [0.15, 0.2) is 0 Å². The van der Waals surface area contributed by atoms with E-state index in [1.165, 1.54) is 6.07 Å². The van der Waals surface area contributed by atoms with Crippen LogP contribution in [0.5, 0.6) is 11.5 Å². The van der Waals surface area contributed by atoms with Crippen molar-refractivity contribution in [2.45, 2.75) is 0 Å². The second kappa shape index (κ2) is 5.40. The summed E-state index contributed by atoms with van der Waals surface area (Å²) >= 11 is 3.36. The topological polar surface area (TPSA) is 18.5 Å². The van der Waals surface area contributed by atoms with Gasteiger partial charge in [0.1, 0.15) is 17.3 Å². The van der Waals surface area contributed by atoms with E-state index < -0.39 is 0 Å². The quantitative estimate of drug-likeness (QED) is 0.842. The van der Waals surface area contributed by atoms with Crippen LogP contribution in [-0.2, 0) is 0 Å². The maximum Gasteiger partial charge on any atom is 0.132 e. The van der Waals surface area contributed by atoms with Gasteiger partial charge < -0.3 is 9.47 Å². The minimum atomic E-state index is -0.298. The molecule has 0 amide bonds. The highest BCUT2D eigenvalue weighted by Gasteiger charge is 2.14. The molecule has 0 aliphatic rings. The smallest absolute Gasteiger partial charge is 0.132 e. The van der Waals surface area contributed by atoms with Crippen LogP contribution in [0.25, 0.3) is 11.1 Å². The summed E-state index contributed by atoms with van der Waals surface area (Å²) in [5, 5.41) is 0. The number of hydrogen-bond acceptors (Lipinski definition) is 2. The minimum absolute atomic E-state index is 0.298. The highest BCUT2D eigenvalue weighted by Crippen LogP contribution is 2.38. The first kappa shape index (κ1) is 12.9. The van der Waals surface area contributed by atoms with Gasteiger partial charge in [0.05, 0.1) is 14.2 Å². The fourth-order valence-corrected chi connectivity index (χ4v) is 2.32. The fourth-order valence-electron chi connectivity index (χ4n) is 1.76. The Labute approximate surface area is 113 Å². The average molecular weight is 311 g/mol. The average Bonchev–Trinajstić information content (AvgIpc) is 2.38. The van der Waals surface area contributed by atoms with Gasteiger partial charge >= 0.3 is 0 Å². The van der Waals surface area contributed by atoms with E-state index in [9.17, 15) is 4.39 Å². The Morgan fingerprint density at radius 2 is 1.83 bits per heavy atom. The van der Waals surface area contributed by atoms with Crippen LogP contribution in [0.3, 0.4) is 0 Å². The summed E-state index contributed by atoms with van der Waals surface area (Å²) in [6.07, 6.45) is 0. The molecule has 0 aromatic heterocycles. The molecule has 94 valence electrons. The molecule has 4 heteroatoms. The number of ether oxygens (including phenoxy) is 2. The molecule has 0 N–H and O–H groups in total. The monoisotopic (exact) mass is 310 g/mol. The van der Waals surface area contributed by atoms with E-state index in [0.29, 0.717) is 27.1 Å². The number of methoxy groups -OCH3 is 2. The van der Waals surface area contributed by atoms with E-state index in [2.05, 4.69) is 15.9 Å². The van der Waals surface area contributed by atoms with E-state index in [-0.39, 0.29) is 5.82 Å². The molecule has 0 saturated heterocycles. The maximum atomic E-state index is 13.9. The van der Waals surface area contributed by atoms with Gasteiger partial charge in [-0.15, -0.1) is 0 Å². The van der Waals surface area contributed by atoms with Crippen LogP contribution in [0.15, 0.2) is 40.9 Å². The van der Waals surface area contributed by atoms with Gasteiger partial charge in [-0.25, -0.2) is 4.39 Å². The molecule has 0 aliphatic carbocycles. The summed E-state index contributed by atoms with van der Waals surface area (Å²) in [5.74, 6) is 0.941. The number of benzene rings is 2. The Morgan fingerprint density at radius 3 is 2.44 bits per heavy atom. The molecule has 0 spiro atoms. The summed E-state index contributed by atoms with van der Waals surface area (Å²) in [6, 6.07) is 10.1. The Bertz CT molecular complexity index is 549. The lowest BCUT2D eigenvalue weighted by Crippen LogP contribution is -1.93. The van der Waals surface area contributed by atoms with Gasteiger partial charge in [-0.2, -0.15) is 0 Å². The van der Waals surface area contributed by atoms with Crippen molar-refractivity contribution in [3.8, 4) is 22.6 Å². The minimum Gasteiger partial charge on any atom is -0.497 e. The van der Waals surface area contributed by atoms with Crippen molar-refractivity contribution in [1.82, 2.24) is 0 Å². The molecule has 0 bridgehead atoms. The van der Waals surface area contributed by atoms with Crippen LogP contribution in [0, 0.1) is 5.82 Å². The second-order valence-electron chi connectivity index (χ2n) is 3.66. The molecule has 0 radical (unpaired) electrons. The largest absolute Gasteiger partial charge is 0.497 e. The zero-order chi connectivity index (χ0) is 13.1. The van der Waals surface area contributed by atoms with Crippen LogP contribution < -0.4 is 9.47 Å². The van der Waals surface area contributed by atoms with Crippen LogP contribution in [0.4, 0.5) is 4.39 Å². The molecule has 0 unspecified atom stereocenters. The zero-order valence-corrected chi connectivity index (χ0v) is 11.6. The van der Waals surface area contributed by atoms with Gasteiger partial charge in [0, 0.05) is 21.7 Å². The summed E-state index contributed by atoms with van der Waals surface area (Å²) in [5.41, 5.74) is 1.17. The molecule has 0 heterocycles. The molecule has 2 rings (SSSR count). The van der Waals surface area contributed by atoms with Crippen LogP contribution >= 0.6 is 15.9 Å². The van der Waals surface area contributed by atoms with Crippen molar-refractivity contribution in [2.24, 2.45) is 0 Å². The number of hydrogen-bond donors (Lipinski definition) is 0. The van der Waals surface area contributed by atoms with Gasteiger partial charge in [-0.3, -0.25) is 0 Å². The summed E-state index contributed by atoms with van der Waals surface area (Å²) in [7, 11) is 3.13. The van der Waals surface area contributed by atoms with E-state index in [1.54, 1.807) is 44.6 Å². The highest BCUT2D eigenvalue weighted by molar-refractivity contribution is 9.10. The molecular weight excluding hydrogens is 299 g/mol. The third-order valence-electron chi connectivity index (χ3n) is 2.64. The molecule has 2 aromatic rings. The molecule has 0 saturated carbocycles. The molecular formula is C14H12BrFO2. The molecule has 2 aromatic carbocycles. The Kier molecular flexibility index (Phi) is 3.87. The Hall–Kier alpha value is -1.55. The molecule has 18 heavy (non-hydrogen) atoms. The number of halogens is 2. The van der Waals surface area contributed by atoms with Crippen LogP contribution in [0.2, 0.25) is 0 Å². The van der Waals surface area contributed by atoms with E-state index >= 15 is 0 Å². The summed E-state index contributed by atoms with van der Waals surface area (Å²) < 4.78 is 25.0. The highest BCUT2D eigenvalue weighted by atomic mass is 79.9. The number of rotatable bonds is 3. The lowest BCUT2D eigenvalue weighted by Gasteiger charge is -2.12. The standard InChI is InChI=1S/C14H12BrFO2/c1-17-9-6-7-10(13(8-9)18-2)14-11(15)4-3-5-12(14)16/h3-8H,1-2H3. The molecule has 0 atom stereocenters. The van der Waals surface area contributed by atoms with Crippen LogP contribution in [-0.4, -0.2) is 14.2 Å². The normalized spacial score (nSPS) is 10.2. The second-order valence-corrected chi connectivity index (χ2v) is 4.52. The van der Waals surface area contributed by atoms with Crippen molar-refractivity contribution in [2.75, 3.05) is 14.2 Å². The molecule has 0 fully saturated rings. The lowest BCUT2D eigenvalue weighted by atomic mass is 10.0. The van der Waals surface area contributed by atoms with Gasteiger partial charge in [0.2, 0.25) is 0 Å². The maximum absolute atomic E-state index is 13.9. The van der Waals surface area contributed by atoms with Crippen molar-refractivity contribution < 1.29 is 13.9 Å². The van der Waals surface area contributed by atoms with E-state index in [4.69, 9.17) is 9.47 Å². The molecule has 0 aliphatic heterocycles. The van der Waals surface area contributed by atoms with Gasteiger partial charge in [-0.1, -0.05) is 22.0 Å². The predicted octanol–water partition coefficient (Wildman–Crippen LogP) is 4.27. The summed E-state index contributed by atoms with van der Waals surface area (Å²) in [4.78, 5) is 0. The first-order valence-corrected chi connectivity index (χ1v) is 6.13. The summed E-state index contributed by atoms with van der Waals surface area (Å²) in [6.45, 7) is 0. The van der Waals surface area contributed by atoms with E-state index in [1.807, 2.05) is 0 Å². The Morgan fingerprint density at radius 1 is 1.06 bits per heavy atom. The SMILES string of the molecule is COc1ccc(-c2c(F)cccc2Br)c(OC)c1. The molecule has 2 nitrogen and oxygen atoms in total. The van der Waals surface area contributed by atoms with Crippen molar-refractivity contribution >= 4 is 15.9 Å². The predicted molar refractivity (Wildman–Crippen MR) is 72.6 cm³/mol. The van der Waals surface area contributed by atoms with Crippen LogP contribution in [0.1, 0.15) is 0 Å². The van der Waals surface area contributed by atoms with Gasteiger partial charge in [-0.05, 0) is 24.3 Å². The first-order valence-electron chi connectivity index (χ1n) is 5.33. The zero-order valence-electron chi connectivity index (χ0n) is 10.0. The first-order chi connectivity index (χ1) is 8.67. The van der Waals surface area contributed by atoms with Crippen molar-refractivity contribution in [1.29, 1.82) is 0 Å². The lowest BCUT2D eigenvalue weighted by molar-refractivity contribution is 0.395.